The largest absolute Gasteiger partial charge is 0.493 e. The first kappa shape index (κ1) is 26.9. The summed E-state index contributed by atoms with van der Waals surface area (Å²) in [6.07, 6.45) is 4.47. The zero-order chi connectivity index (χ0) is 26.4. The normalized spacial score (nSPS) is 15.8. The number of hydrogen-bond acceptors (Lipinski definition) is 7. The van der Waals surface area contributed by atoms with Gasteiger partial charge < -0.3 is 15.4 Å². The molecule has 1 atom stereocenters. The lowest BCUT2D eigenvalue weighted by Gasteiger charge is -2.27. The van der Waals surface area contributed by atoms with E-state index >= 15 is 0 Å². The molecular formula is C28H32N4O3S2. The van der Waals surface area contributed by atoms with Crippen LogP contribution in [0.4, 0.5) is 0 Å². The molecule has 0 aliphatic carbocycles. The van der Waals surface area contributed by atoms with Crippen molar-refractivity contribution in [2.45, 2.75) is 44.8 Å². The summed E-state index contributed by atoms with van der Waals surface area (Å²) in [6, 6.07) is 10.2. The van der Waals surface area contributed by atoms with Crippen LogP contribution in [0, 0.1) is 6.92 Å². The molecule has 194 valence electrons. The molecule has 2 amide bonds. The van der Waals surface area contributed by atoms with Gasteiger partial charge >= 0.3 is 0 Å². The Bertz CT molecular complexity index is 1330. The molecule has 9 heteroatoms. The summed E-state index contributed by atoms with van der Waals surface area (Å²) >= 11 is 3.09. The number of primary amides is 1. The van der Waals surface area contributed by atoms with Crippen LogP contribution in [0.2, 0.25) is 0 Å². The molecular weight excluding hydrogens is 504 g/mol. The van der Waals surface area contributed by atoms with E-state index in [4.69, 9.17) is 10.5 Å². The Morgan fingerprint density at radius 1 is 1.24 bits per heavy atom. The highest BCUT2D eigenvalue weighted by Gasteiger charge is 2.20. The van der Waals surface area contributed by atoms with E-state index in [1.54, 1.807) is 16.7 Å². The summed E-state index contributed by atoms with van der Waals surface area (Å²) in [4.78, 5) is 33.4. The molecule has 3 aromatic rings. The van der Waals surface area contributed by atoms with Gasteiger partial charge in [0.2, 0.25) is 0 Å². The van der Waals surface area contributed by atoms with Crippen LogP contribution in [0.1, 0.15) is 58.5 Å². The van der Waals surface area contributed by atoms with Gasteiger partial charge in [0.25, 0.3) is 11.8 Å². The van der Waals surface area contributed by atoms with E-state index in [1.165, 1.54) is 29.3 Å². The number of fused-ring (bicyclic) bond motifs is 2. The summed E-state index contributed by atoms with van der Waals surface area (Å²) in [6.45, 7) is 9.96. The van der Waals surface area contributed by atoms with E-state index in [-0.39, 0.29) is 16.9 Å². The second-order valence-corrected chi connectivity index (χ2v) is 11.2. The number of piperidine rings is 1. The minimum Gasteiger partial charge on any atom is -0.493 e. The fourth-order valence-electron chi connectivity index (χ4n) is 4.38. The smallest absolute Gasteiger partial charge is 0.267 e. The van der Waals surface area contributed by atoms with Gasteiger partial charge in [0.15, 0.2) is 0 Å². The van der Waals surface area contributed by atoms with E-state index in [1.807, 2.05) is 41.6 Å². The van der Waals surface area contributed by atoms with Crippen LogP contribution in [-0.4, -0.2) is 48.1 Å². The van der Waals surface area contributed by atoms with Crippen molar-refractivity contribution in [2.75, 3.05) is 19.7 Å². The molecule has 0 spiro atoms. The molecule has 0 saturated carbocycles. The molecule has 1 fully saturated rings. The van der Waals surface area contributed by atoms with Crippen molar-refractivity contribution in [1.29, 1.82) is 0 Å². The molecule has 2 aliphatic rings. The second-order valence-electron chi connectivity index (χ2n) is 9.11. The number of likely N-dealkylation sites (tertiary alicyclic amines) is 1. The molecule has 5 rings (SSSR count). The van der Waals surface area contributed by atoms with Crippen molar-refractivity contribution in [3.8, 4) is 5.75 Å². The number of aryl methyl sites for hydroxylation is 1. The van der Waals surface area contributed by atoms with Crippen LogP contribution >= 0.6 is 23.1 Å². The fraction of sp³-hybridized carbons (Fsp3) is 0.357. The second kappa shape index (κ2) is 12.4. The number of ether oxygens (including phenoxy) is 1. The minimum atomic E-state index is -0.558. The molecule has 37 heavy (non-hydrogen) atoms. The first-order valence-electron chi connectivity index (χ1n) is 12.4. The van der Waals surface area contributed by atoms with E-state index < -0.39 is 5.91 Å². The van der Waals surface area contributed by atoms with Gasteiger partial charge in [0.1, 0.15) is 11.4 Å². The predicted molar refractivity (Wildman–Crippen MR) is 153 cm³/mol. The van der Waals surface area contributed by atoms with E-state index in [9.17, 15) is 9.59 Å². The zero-order valence-corrected chi connectivity index (χ0v) is 22.9. The highest BCUT2D eigenvalue weighted by molar-refractivity contribution is 8.02. The number of aromatic nitrogens is 1. The van der Waals surface area contributed by atoms with Gasteiger partial charge in [0.05, 0.1) is 22.3 Å². The number of thiazole rings is 1. The van der Waals surface area contributed by atoms with Gasteiger partial charge in [-0.2, -0.15) is 0 Å². The topological polar surface area (TPSA) is 97.9 Å². The lowest BCUT2D eigenvalue weighted by molar-refractivity contribution is -0.114. The van der Waals surface area contributed by atoms with Crippen LogP contribution < -0.4 is 10.5 Å². The first-order valence-corrected chi connectivity index (χ1v) is 14.2. The third-order valence-electron chi connectivity index (χ3n) is 6.54. The fourth-order valence-corrected chi connectivity index (χ4v) is 5.91. The van der Waals surface area contributed by atoms with Gasteiger partial charge in [-0.1, -0.05) is 12.1 Å². The maximum absolute atomic E-state index is 12.5. The molecule has 0 bridgehead atoms. The molecule has 2 N–H and O–H groups in total. The highest BCUT2D eigenvalue weighted by atomic mass is 32.2. The molecule has 0 radical (unpaired) electrons. The van der Waals surface area contributed by atoms with Gasteiger partial charge in [-0.15, -0.1) is 23.1 Å². The average molecular weight is 537 g/mol. The third kappa shape index (κ3) is 6.59. The first-order chi connectivity index (χ1) is 17.9. The SMILES string of the molecule is C=N/C(=C\SC(C)c1ccc2c(c1)CCO2)C(N)=O.Cc1cc2ncsc2cc1C(=O)N1CCCCC1. The van der Waals surface area contributed by atoms with Gasteiger partial charge in [-0.25, -0.2) is 4.98 Å². The Balaban J connectivity index is 0.000000173. The van der Waals surface area contributed by atoms with Gasteiger partial charge in [-0.3, -0.25) is 14.6 Å². The third-order valence-corrected chi connectivity index (χ3v) is 8.37. The Morgan fingerprint density at radius 2 is 2.03 bits per heavy atom. The monoisotopic (exact) mass is 536 g/mol. The number of thioether (sulfide) groups is 1. The zero-order valence-electron chi connectivity index (χ0n) is 21.2. The summed E-state index contributed by atoms with van der Waals surface area (Å²) in [5.41, 5.74) is 12.5. The standard InChI is InChI=1S/C14H16N2O2S.C14H16N2OS/c1-9(19-8-12(16-2)14(15)17)10-3-4-13-11(7-10)5-6-18-13;1-10-7-12-13(18-9-15-12)8-11(10)14(17)16-5-3-2-4-6-16/h3-4,7-9H,2,5-6H2,1H3,(H2,15,17);7-9H,2-6H2,1H3/b12-8-;. The van der Waals surface area contributed by atoms with E-state index in [2.05, 4.69) is 29.7 Å². The molecule has 2 aromatic carbocycles. The number of benzene rings is 2. The maximum atomic E-state index is 12.5. The number of hydrogen-bond donors (Lipinski definition) is 1. The number of carbonyl (C=O) groups is 2. The van der Waals surface area contributed by atoms with Crippen LogP contribution in [0.3, 0.4) is 0 Å². The summed E-state index contributed by atoms with van der Waals surface area (Å²) < 4.78 is 6.58. The number of carbonyl (C=O) groups excluding carboxylic acids is 2. The summed E-state index contributed by atoms with van der Waals surface area (Å²) in [5.74, 6) is 0.599. The molecule has 1 unspecified atom stereocenters. The van der Waals surface area contributed by atoms with Crippen molar-refractivity contribution in [1.82, 2.24) is 9.88 Å². The number of aliphatic imine (C=N–C) groups is 1. The molecule has 7 nitrogen and oxygen atoms in total. The Hall–Kier alpha value is -3.17. The summed E-state index contributed by atoms with van der Waals surface area (Å²) in [7, 11) is 0. The van der Waals surface area contributed by atoms with Crippen LogP contribution in [-0.2, 0) is 11.2 Å². The average Bonchev–Trinajstić information content (AvgIpc) is 3.57. The van der Waals surface area contributed by atoms with Crippen LogP contribution in [0.25, 0.3) is 10.2 Å². The van der Waals surface area contributed by atoms with Crippen LogP contribution in [0.5, 0.6) is 5.75 Å². The van der Waals surface area contributed by atoms with Gasteiger partial charge in [0, 0.05) is 35.7 Å². The van der Waals surface area contributed by atoms with Crippen LogP contribution in [0.15, 0.2) is 51.9 Å². The lowest BCUT2D eigenvalue weighted by Crippen LogP contribution is -2.35. The molecule has 1 aromatic heterocycles. The van der Waals surface area contributed by atoms with Gasteiger partial charge in [-0.05, 0) is 74.7 Å². The minimum absolute atomic E-state index is 0.183. The Morgan fingerprint density at radius 3 is 2.76 bits per heavy atom. The van der Waals surface area contributed by atoms with Crippen molar-refractivity contribution in [3.63, 3.8) is 0 Å². The number of nitrogens with two attached hydrogens (primary N) is 1. The van der Waals surface area contributed by atoms with Crippen molar-refractivity contribution in [3.05, 3.63) is 69.2 Å². The number of amides is 2. The quantitative estimate of drug-likeness (QED) is 0.323. The highest BCUT2D eigenvalue weighted by Crippen LogP contribution is 2.34. The summed E-state index contributed by atoms with van der Waals surface area (Å²) in [5, 5.41) is 1.87. The molecule has 2 aliphatic heterocycles. The van der Waals surface area contributed by atoms with Crippen molar-refractivity contribution < 1.29 is 14.3 Å². The van der Waals surface area contributed by atoms with E-state index in [0.29, 0.717) is 0 Å². The Labute approximate surface area is 225 Å². The maximum Gasteiger partial charge on any atom is 0.267 e. The van der Waals surface area contributed by atoms with Crippen molar-refractivity contribution >= 4 is 51.8 Å². The Kier molecular flexibility index (Phi) is 9.00. The predicted octanol–water partition coefficient (Wildman–Crippen LogP) is 5.67. The number of nitrogens with zero attached hydrogens (tertiary/aromatic N) is 3. The van der Waals surface area contributed by atoms with Crippen molar-refractivity contribution in [2.24, 2.45) is 10.7 Å². The lowest BCUT2D eigenvalue weighted by atomic mass is 10.0. The number of rotatable bonds is 6. The molecule has 3 heterocycles. The molecule has 1 saturated heterocycles. The van der Waals surface area contributed by atoms with E-state index in [0.717, 1.165) is 66.1 Å².